The lowest BCUT2D eigenvalue weighted by molar-refractivity contribution is -0.113. The summed E-state index contributed by atoms with van der Waals surface area (Å²) < 4.78 is 12.9. The van der Waals surface area contributed by atoms with Crippen LogP contribution in [0.1, 0.15) is 65.1 Å². The van der Waals surface area contributed by atoms with E-state index in [0.717, 1.165) is 60.3 Å². The number of carbonyl (C=O) groups excluding carboxylic acids is 2. The molecule has 0 aromatic carbocycles. The minimum Gasteiger partial charge on any atom is -0.465 e. The van der Waals surface area contributed by atoms with Gasteiger partial charge in [-0.15, -0.1) is 21.5 Å². The van der Waals surface area contributed by atoms with E-state index in [9.17, 15) is 9.59 Å². The summed E-state index contributed by atoms with van der Waals surface area (Å²) in [6.45, 7) is 5.48. The van der Waals surface area contributed by atoms with Gasteiger partial charge in [0.25, 0.3) is 0 Å². The smallest absolute Gasteiger partial charge is 0.341 e. The molecule has 0 spiro atoms. The molecular weight excluding hydrogens is 436 g/mol. The van der Waals surface area contributed by atoms with E-state index in [1.807, 2.05) is 13.8 Å². The number of thiophene rings is 1. The molecule has 1 N–H and O–H groups in total. The first-order chi connectivity index (χ1) is 15.0. The van der Waals surface area contributed by atoms with Gasteiger partial charge in [-0.3, -0.25) is 4.79 Å². The summed E-state index contributed by atoms with van der Waals surface area (Å²) in [5.74, 6) is 1.07. The Kier molecular flexibility index (Phi) is 6.98. The number of rotatable bonds is 9. The van der Waals surface area contributed by atoms with Gasteiger partial charge in [-0.25, -0.2) is 4.79 Å². The molecule has 1 saturated carbocycles. The minimum absolute atomic E-state index is 0.182. The van der Waals surface area contributed by atoms with Gasteiger partial charge in [0, 0.05) is 17.4 Å². The second kappa shape index (κ2) is 9.70. The van der Waals surface area contributed by atoms with E-state index in [4.69, 9.17) is 9.47 Å². The Labute approximate surface area is 190 Å². The molecule has 1 atom stereocenters. The van der Waals surface area contributed by atoms with Crippen LogP contribution in [-0.2, 0) is 27.2 Å². The van der Waals surface area contributed by atoms with Gasteiger partial charge in [-0.1, -0.05) is 18.7 Å². The Morgan fingerprint density at radius 3 is 2.77 bits per heavy atom. The first kappa shape index (κ1) is 22.3. The van der Waals surface area contributed by atoms with Crippen LogP contribution in [0.25, 0.3) is 0 Å². The molecule has 2 fully saturated rings. The van der Waals surface area contributed by atoms with Crippen LogP contribution in [0.15, 0.2) is 5.16 Å². The van der Waals surface area contributed by atoms with Crippen LogP contribution < -0.4 is 5.32 Å². The molecule has 31 heavy (non-hydrogen) atoms. The molecule has 2 aromatic heterocycles. The standard InChI is InChI=1S/C21H28N4O4S2/c1-4-15-12(2)31-19(17(15)20(27)28-3)22-16(26)11-30-21-24-23-18(13-7-8-13)25(21)10-14-6-5-9-29-14/h13-14H,4-11H2,1-3H3,(H,22,26). The Hall–Kier alpha value is -1.91. The summed E-state index contributed by atoms with van der Waals surface area (Å²) in [5.41, 5.74) is 1.38. The molecule has 1 amide bonds. The predicted octanol–water partition coefficient (Wildman–Crippen LogP) is 3.78. The van der Waals surface area contributed by atoms with E-state index in [1.165, 1.54) is 30.2 Å². The fourth-order valence-corrected chi connectivity index (χ4v) is 5.82. The zero-order chi connectivity index (χ0) is 22.0. The molecule has 3 heterocycles. The van der Waals surface area contributed by atoms with E-state index >= 15 is 0 Å². The third kappa shape index (κ3) is 4.96. The third-order valence-electron chi connectivity index (χ3n) is 5.64. The van der Waals surface area contributed by atoms with Gasteiger partial charge >= 0.3 is 5.97 Å². The van der Waals surface area contributed by atoms with Crippen molar-refractivity contribution in [1.29, 1.82) is 0 Å². The molecule has 1 saturated heterocycles. The van der Waals surface area contributed by atoms with Crippen molar-refractivity contribution in [2.24, 2.45) is 0 Å². The van der Waals surface area contributed by atoms with Gasteiger partial charge < -0.3 is 19.4 Å². The molecule has 0 bridgehead atoms. The molecule has 4 rings (SSSR count). The largest absolute Gasteiger partial charge is 0.465 e. The summed E-state index contributed by atoms with van der Waals surface area (Å²) in [5, 5.41) is 13.0. The summed E-state index contributed by atoms with van der Waals surface area (Å²) in [4.78, 5) is 26.0. The minimum atomic E-state index is -0.422. The number of hydrogen-bond acceptors (Lipinski definition) is 8. The van der Waals surface area contributed by atoms with Crippen LogP contribution in [-0.4, -0.2) is 52.2 Å². The molecule has 1 aliphatic carbocycles. The highest BCUT2D eigenvalue weighted by Gasteiger charge is 2.32. The zero-order valence-corrected chi connectivity index (χ0v) is 19.7. The van der Waals surface area contributed by atoms with E-state index in [-0.39, 0.29) is 17.8 Å². The summed E-state index contributed by atoms with van der Waals surface area (Å²) >= 11 is 2.78. The van der Waals surface area contributed by atoms with Crippen molar-refractivity contribution in [3.63, 3.8) is 0 Å². The Morgan fingerprint density at radius 2 is 2.13 bits per heavy atom. The van der Waals surface area contributed by atoms with Crippen molar-refractivity contribution in [1.82, 2.24) is 14.8 Å². The van der Waals surface area contributed by atoms with Crippen molar-refractivity contribution in [3.05, 3.63) is 21.8 Å². The topological polar surface area (TPSA) is 95.3 Å². The number of esters is 1. The first-order valence-electron chi connectivity index (χ1n) is 10.7. The fraction of sp³-hybridized carbons (Fsp3) is 0.619. The van der Waals surface area contributed by atoms with Crippen LogP contribution in [0.5, 0.6) is 0 Å². The molecule has 168 valence electrons. The number of nitrogens with one attached hydrogen (secondary N) is 1. The molecule has 1 aliphatic heterocycles. The van der Waals surface area contributed by atoms with Crippen molar-refractivity contribution >= 4 is 40.0 Å². The molecule has 1 unspecified atom stereocenters. The number of nitrogens with zero attached hydrogens (tertiary/aromatic N) is 3. The lowest BCUT2D eigenvalue weighted by Gasteiger charge is -2.14. The van der Waals surface area contributed by atoms with E-state index in [0.29, 0.717) is 22.9 Å². The molecule has 0 radical (unpaired) electrons. The highest BCUT2D eigenvalue weighted by Crippen LogP contribution is 2.40. The third-order valence-corrected chi connectivity index (χ3v) is 7.67. The van der Waals surface area contributed by atoms with Gasteiger partial charge in [-0.05, 0) is 44.6 Å². The monoisotopic (exact) mass is 464 g/mol. The second-order valence-corrected chi connectivity index (χ2v) is 10.1. The van der Waals surface area contributed by atoms with Crippen molar-refractivity contribution in [3.8, 4) is 0 Å². The molecule has 10 heteroatoms. The summed E-state index contributed by atoms with van der Waals surface area (Å²) in [6.07, 6.45) is 5.30. The van der Waals surface area contributed by atoms with E-state index < -0.39 is 5.97 Å². The van der Waals surface area contributed by atoms with Gasteiger partial charge in [0.15, 0.2) is 5.16 Å². The molecule has 2 aliphatic rings. The van der Waals surface area contributed by atoms with Gasteiger partial charge in [0.2, 0.25) is 5.91 Å². The lowest BCUT2D eigenvalue weighted by atomic mass is 10.1. The van der Waals surface area contributed by atoms with Crippen molar-refractivity contribution in [2.45, 2.75) is 69.7 Å². The number of thioether (sulfide) groups is 1. The van der Waals surface area contributed by atoms with Crippen LogP contribution in [0.2, 0.25) is 0 Å². The maximum Gasteiger partial charge on any atom is 0.341 e. The lowest BCUT2D eigenvalue weighted by Crippen LogP contribution is -2.19. The summed E-state index contributed by atoms with van der Waals surface area (Å²) in [7, 11) is 1.36. The summed E-state index contributed by atoms with van der Waals surface area (Å²) in [6, 6.07) is 0. The Balaban J connectivity index is 1.44. The highest BCUT2D eigenvalue weighted by molar-refractivity contribution is 7.99. The number of amides is 1. The van der Waals surface area contributed by atoms with Gasteiger partial charge in [0.05, 0.1) is 31.1 Å². The Morgan fingerprint density at radius 1 is 1.32 bits per heavy atom. The zero-order valence-electron chi connectivity index (χ0n) is 18.1. The van der Waals surface area contributed by atoms with Gasteiger partial charge in [0.1, 0.15) is 10.8 Å². The number of carbonyl (C=O) groups is 2. The fourth-order valence-electron chi connectivity index (χ4n) is 3.92. The van der Waals surface area contributed by atoms with Crippen LogP contribution in [0.4, 0.5) is 5.00 Å². The average molecular weight is 465 g/mol. The SMILES string of the molecule is CCc1c(C)sc(NC(=O)CSc2nnc(C3CC3)n2CC2CCCO2)c1C(=O)OC. The molecule has 8 nitrogen and oxygen atoms in total. The second-order valence-electron chi connectivity index (χ2n) is 7.88. The number of aromatic nitrogens is 3. The maximum atomic E-state index is 12.7. The van der Waals surface area contributed by atoms with Crippen LogP contribution in [0, 0.1) is 6.92 Å². The predicted molar refractivity (Wildman–Crippen MR) is 120 cm³/mol. The van der Waals surface area contributed by atoms with E-state index in [2.05, 4.69) is 20.1 Å². The van der Waals surface area contributed by atoms with Gasteiger partial charge in [-0.2, -0.15) is 0 Å². The first-order valence-corrected chi connectivity index (χ1v) is 12.5. The number of aryl methyl sites for hydroxylation is 1. The number of hydrogen-bond donors (Lipinski definition) is 1. The van der Waals surface area contributed by atoms with Crippen LogP contribution >= 0.6 is 23.1 Å². The number of anilines is 1. The normalized spacial score (nSPS) is 18.4. The Bertz CT molecular complexity index is 961. The highest BCUT2D eigenvalue weighted by atomic mass is 32.2. The average Bonchev–Trinajstić information content (AvgIpc) is 3.18. The van der Waals surface area contributed by atoms with E-state index in [1.54, 1.807) is 0 Å². The molecular formula is C21H28N4O4S2. The maximum absolute atomic E-state index is 12.7. The number of ether oxygens (including phenoxy) is 2. The molecule has 2 aromatic rings. The van der Waals surface area contributed by atoms with Crippen LogP contribution in [0.3, 0.4) is 0 Å². The quantitative estimate of drug-likeness (QED) is 0.446. The van der Waals surface area contributed by atoms with Crippen molar-refractivity contribution in [2.75, 3.05) is 24.8 Å². The van der Waals surface area contributed by atoms with Crippen molar-refractivity contribution < 1.29 is 19.1 Å². The number of methoxy groups -OCH3 is 1.